The van der Waals surface area contributed by atoms with Gasteiger partial charge in [-0.1, -0.05) is 13.8 Å². The van der Waals surface area contributed by atoms with Gasteiger partial charge in [-0.3, -0.25) is 9.80 Å². The third-order valence-corrected chi connectivity index (χ3v) is 6.08. The van der Waals surface area contributed by atoms with Crippen molar-refractivity contribution in [2.24, 2.45) is 5.92 Å². The minimum atomic E-state index is 0.734. The Morgan fingerprint density at radius 1 is 1.00 bits per heavy atom. The van der Waals surface area contributed by atoms with Gasteiger partial charge in [-0.05, 0) is 51.6 Å². The maximum absolute atomic E-state index is 3.69. The normalized spacial score (nSPS) is 44.7. The Kier molecular flexibility index (Phi) is 4.16. The monoisotopic (exact) mass is 265 g/mol. The molecule has 0 aromatic heterocycles. The summed E-state index contributed by atoms with van der Waals surface area (Å²) >= 11 is 0. The van der Waals surface area contributed by atoms with Crippen LogP contribution in [0.3, 0.4) is 0 Å². The number of likely N-dealkylation sites (tertiary alicyclic amines) is 1. The first-order valence-electron chi connectivity index (χ1n) is 8.45. The molecule has 3 saturated heterocycles. The lowest BCUT2D eigenvalue weighted by atomic mass is 9.85. The van der Waals surface area contributed by atoms with Crippen molar-refractivity contribution in [3.8, 4) is 0 Å². The quantitative estimate of drug-likeness (QED) is 0.841. The number of hydrogen-bond acceptors (Lipinski definition) is 3. The average molecular weight is 265 g/mol. The summed E-state index contributed by atoms with van der Waals surface area (Å²) in [7, 11) is 0. The van der Waals surface area contributed by atoms with Crippen LogP contribution < -0.4 is 5.32 Å². The van der Waals surface area contributed by atoms with Crippen LogP contribution in [0.2, 0.25) is 0 Å². The second-order valence-electron chi connectivity index (χ2n) is 6.89. The number of nitrogens with one attached hydrogen (secondary N) is 1. The largest absolute Gasteiger partial charge is 0.314 e. The zero-order chi connectivity index (χ0) is 13.4. The van der Waals surface area contributed by atoms with E-state index in [1.165, 1.54) is 45.3 Å². The average Bonchev–Trinajstić information content (AvgIpc) is 2.99. The first-order valence-corrected chi connectivity index (χ1v) is 8.45. The third-order valence-electron chi connectivity index (χ3n) is 6.08. The predicted molar refractivity (Wildman–Crippen MR) is 80.4 cm³/mol. The van der Waals surface area contributed by atoms with Gasteiger partial charge in [0.25, 0.3) is 0 Å². The summed E-state index contributed by atoms with van der Waals surface area (Å²) in [6.45, 7) is 12.3. The predicted octanol–water partition coefficient (Wildman–Crippen LogP) is 1.93. The third kappa shape index (κ3) is 2.45. The first kappa shape index (κ1) is 13.8. The summed E-state index contributed by atoms with van der Waals surface area (Å²) in [4.78, 5) is 5.60. The SMILES string of the molecule is CCNC1CCN(C2CCN3CCCC23)C(C)C1C. The molecule has 0 aliphatic carbocycles. The van der Waals surface area contributed by atoms with Gasteiger partial charge in [0, 0.05) is 37.3 Å². The standard InChI is InChI=1S/C16H31N3/c1-4-17-14-7-11-19(13(3)12(14)2)16-8-10-18-9-5-6-15(16)18/h12-17H,4-11H2,1-3H3. The maximum Gasteiger partial charge on any atom is 0.0266 e. The van der Waals surface area contributed by atoms with Crippen molar-refractivity contribution in [3.05, 3.63) is 0 Å². The molecule has 5 unspecified atom stereocenters. The molecule has 0 saturated carbocycles. The van der Waals surface area contributed by atoms with E-state index in [2.05, 4.69) is 35.9 Å². The van der Waals surface area contributed by atoms with E-state index < -0.39 is 0 Å². The number of rotatable bonds is 3. The highest BCUT2D eigenvalue weighted by Crippen LogP contribution is 2.35. The van der Waals surface area contributed by atoms with Crippen LogP contribution in [-0.2, 0) is 0 Å². The number of hydrogen-bond donors (Lipinski definition) is 1. The highest BCUT2D eigenvalue weighted by molar-refractivity contribution is 5.01. The van der Waals surface area contributed by atoms with Crippen LogP contribution in [0, 0.1) is 5.92 Å². The number of nitrogens with zero attached hydrogens (tertiary/aromatic N) is 2. The van der Waals surface area contributed by atoms with Gasteiger partial charge in [0.05, 0.1) is 0 Å². The van der Waals surface area contributed by atoms with Crippen LogP contribution in [0.25, 0.3) is 0 Å². The topological polar surface area (TPSA) is 18.5 Å². The van der Waals surface area contributed by atoms with Crippen LogP contribution in [0.1, 0.15) is 46.5 Å². The van der Waals surface area contributed by atoms with Crippen molar-refractivity contribution in [3.63, 3.8) is 0 Å². The lowest BCUT2D eigenvalue weighted by Gasteiger charge is -2.47. The molecule has 3 heterocycles. The minimum absolute atomic E-state index is 0.734. The van der Waals surface area contributed by atoms with Crippen molar-refractivity contribution in [1.29, 1.82) is 0 Å². The van der Waals surface area contributed by atoms with Gasteiger partial charge in [0.1, 0.15) is 0 Å². The Bertz CT molecular complexity index is 306. The zero-order valence-corrected chi connectivity index (χ0v) is 12.9. The molecule has 19 heavy (non-hydrogen) atoms. The van der Waals surface area contributed by atoms with Gasteiger partial charge in [-0.25, -0.2) is 0 Å². The van der Waals surface area contributed by atoms with Crippen molar-refractivity contribution in [2.75, 3.05) is 26.2 Å². The highest BCUT2D eigenvalue weighted by atomic mass is 15.3. The van der Waals surface area contributed by atoms with Crippen molar-refractivity contribution in [1.82, 2.24) is 15.1 Å². The number of fused-ring (bicyclic) bond motifs is 1. The lowest BCUT2D eigenvalue weighted by Crippen LogP contribution is -2.58. The molecule has 0 bridgehead atoms. The second-order valence-corrected chi connectivity index (χ2v) is 6.89. The second kappa shape index (κ2) is 5.71. The van der Waals surface area contributed by atoms with E-state index in [4.69, 9.17) is 0 Å². The van der Waals surface area contributed by atoms with E-state index in [1.54, 1.807) is 0 Å². The van der Waals surface area contributed by atoms with E-state index >= 15 is 0 Å². The van der Waals surface area contributed by atoms with Gasteiger partial charge >= 0.3 is 0 Å². The molecule has 0 radical (unpaired) electrons. The fourth-order valence-corrected chi connectivity index (χ4v) is 4.85. The molecular formula is C16H31N3. The van der Waals surface area contributed by atoms with E-state index in [0.717, 1.165) is 36.6 Å². The molecule has 3 aliphatic rings. The molecular weight excluding hydrogens is 234 g/mol. The van der Waals surface area contributed by atoms with E-state index in [-0.39, 0.29) is 0 Å². The van der Waals surface area contributed by atoms with Crippen LogP contribution in [-0.4, -0.2) is 60.1 Å². The zero-order valence-electron chi connectivity index (χ0n) is 12.9. The van der Waals surface area contributed by atoms with E-state index in [0.29, 0.717) is 0 Å². The Labute approximate surface area is 118 Å². The van der Waals surface area contributed by atoms with Gasteiger partial charge in [-0.15, -0.1) is 0 Å². The molecule has 5 atom stereocenters. The molecule has 0 aromatic rings. The summed E-state index contributed by atoms with van der Waals surface area (Å²) in [6, 6.07) is 3.20. The van der Waals surface area contributed by atoms with Gasteiger partial charge < -0.3 is 5.32 Å². The molecule has 0 aromatic carbocycles. The maximum atomic E-state index is 3.69. The molecule has 3 heteroatoms. The van der Waals surface area contributed by atoms with Gasteiger partial charge in [0.2, 0.25) is 0 Å². The molecule has 3 aliphatic heterocycles. The summed E-state index contributed by atoms with van der Waals surface area (Å²) in [5.74, 6) is 0.782. The van der Waals surface area contributed by atoms with Gasteiger partial charge in [0.15, 0.2) is 0 Å². The summed E-state index contributed by atoms with van der Waals surface area (Å²) in [6.07, 6.45) is 5.62. The summed E-state index contributed by atoms with van der Waals surface area (Å²) in [5.41, 5.74) is 0. The van der Waals surface area contributed by atoms with Crippen molar-refractivity contribution < 1.29 is 0 Å². The Hall–Kier alpha value is -0.120. The smallest absolute Gasteiger partial charge is 0.0266 e. The van der Waals surface area contributed by atoms with Crippen molar-refractivity contribution in [2.45, 2.75) is 70.6 Å². The van der Waals surface area contributed by atoms with Crippen LogP contribution >= 0.6 is 0 Å². The summed E-state index contributed by atoms with van der Waals surface area (Å²) < 4.78 is 0. The van der Waals surface area contributed by atoms with Crippen LogP contribution in [0.5, 0.6) is 0 Å². The Morgan fingerprint density at radius 2 is 1.84 bits per heavy atom. The van der Waals surface area contributed by atoms with E-state index in [1.807, 2.05) is 0 Å². The molecule has 1 N–H and O–H groups in total. The molecule has 3 nitrogen and oxygen atoms in total. The highest BCUT2D eigenvalue weighted by Gasteiger charge is 2.44. The fourth-order valence-electron chi connectivity index (χ4n) is 4.85. The van der Waals surface area contributed by atoms with E-state index in [9.17, 15) is 0 Å². The molecule has 3 fully saturated rings. The fraction of sp³-hybridized carbons (Fsp3) is 1.00. The summed E-state index contributed by atoms with van der Waals surface area (Å²) in [5, 5.41) is 3.69. The van der Waals surface area contributed by atoms with Crippen LogP contribution in [0.4, 0.5) is 0 Å². The number of piperidine rings is 1. The Balaban J connectivity index is 1.66. The molecule has 3 rings (SSSR count). The molecule has 110 valence electrons. The van der Waals surface area contributed by atoms with Gasteiger partial charge in [-0.2, -0.15) is 0 Å². The first-order chi connectivity index (χ1) is 9.22. The molecule has 0 amide bonds. The van der Waals surface area contributed by atoms with Crippen molar-refractivity contribution >= 4 is 0 Å². The minimum Gasteiger partial charge on any atom is -0.314 e. The Morgan fingerprint density at radius 3 is 2.63 bits per heavy atom. The van der Waals surface area contributed by atoms with Crippen LogP contribution in [0.15, 0.2) is 0 Å². The molecule has 0 spiro atoms. The lowest BCUT2D eigenvalue weighted by molar-refractivity contribution is 0.0363.